The molecule has 0 spiro atoms. The van der Waals surface area contributed by atoms with Gasteiger partial charge in [0.15, 0.2) is 11.7 Å². The molecule has 1 aliphatic heterocycles. The first-order valence-electron chi connectivity index (χ1n) is 10.9. The Balaban J connectivity index is 0.00000306. The SMILES string of the molecule is COc1ccc2nc(N(CCCN3CCOCC3)C(=O)COc3ccccc3C)sc2c1.Cl. The number of benzene rings is 2. The molecular weight excluding hydrogens is 462 g/mol. The van der Waals surface area contributed by atoms with Gasteiger partial charge >= 0.3 is 0 Å². The maximum Gasteiger partial charge on any atom is 0.266 e. The van der Waals surface area contributed by atoms with Crippen molar-refractivity contribution >= 4 is 45.0 Å². The molecule has 0 atom stereocenters. The predicted molar refractivity (Wildman–Crippen MR) is 134 cm³/mol. The number of hydrogen-bond donors (Lipinski definition) is 0. The van der Waals surface area contributed by atoms with Crippen molar-refractivity contribution in [1.29, 1.82) is 0 Å². The van der Waals surface area contributed by atoms with E-state index < -0.39 is 0 Å². The Morgan fingerprint density at radius 2 is 2.00 bits per heavy atom. The fourth-order valence-electron chi connectivity index (χ4n) is 3.68. The van der Waals surface area contributed by atoms with Crippen molar-refractivity contribution in [1.82, 2.24) is 9.88 Å². The minimum Gasteiger partial charge on any atom is -0.497 e. The number of amides is 1. The second-order valence-corrected chi connectivity index (χ2v) is 8.75. The number of fused-ring (bicyclic) bond motifs is 1. The van der Waals surface area contributed by atoms with E-state index in [0.29, 0.717) is 11.7 Å². The zero-order valence-corrected chi connectivity index (χ0v) is 20.6. The van der Waals surface area contributed by atoms with E-state index >= 15 is 0 Å². The van der Waals surface area contributed by atoms with Crippen LogP contribution in [0.3, 0.4) is 0 Å². The van der Waals surface area contributed by atoms with Crippen molar-refractivity contribution in [2.24, 2.45) is 0 Å². The number of ether oxygens (including phenoxy) is 3. The molecule has 9 heteroatoms. The number of hydrogen-bond acceptors (Lipinski definition) is 7. The lowest BCUT2D eigenvalue weighted by Gasteiger charge is -2.27. The molecule has 2 aromatic carbocycles. The van der Waals surface area contributed by atoms with Crippen LogP contribution in [0.5, 0.6) is 11.5 Å². The first kappa shape index (κ1) is 25.2. The van der Waals surface area contributed by atoms with Gasteiger partial charge in [-0.1, -0.05) is 29.5 Å². The van der Waals surface area contributed by atoms with Crippen LogP contribution in [0.4, 0.5) is 5.13 Å². The summed E-state index contributed by atoms with van der Waals surface area (Å²) in [5.74, 6) is 1.41. The predicted octanol–water partition coefficient (Wildman–Crippen LogP) is 4.17. The summed E-state index contributed by atoms with van der Waals surface area (Å²) < 4.78 is 17.6. The van der Waals surface area contributed by atoms with Gasteiger partial charge in [0.2, 0.25) is 0 Å². The molecule has 7 nitrogen and oxygen atoms in total. The minimum absolute atomic E-state index is 0. The number of methoxy groups -OCH3 is 1. The number of thiazole rings is 1. The number of nitrogens with zero attached hydrogens (tertiary/aromatic N) is 3. The number of carbonyl (C=O) groups excluding carboxylic acids is 1. The number of aromatic nitrogens is 1. The molecule has 1 fully saturated rings. The van der Waals surface area contributed by atoms with Gasteiger partial charge in [0.1, 0.15) is 11.5 Å². The van der Waals surface area contributed by atoms with Crippen LogP contribution in [0.15, 0.2) is 42.5 Å². The van der Waals surface area contributed by atoms with E-state index in [1.807, 2.05) is 49.4 Å². The molecule has 1 amide bonds. The van der Waals surface area contributed by atoms with E-state index in [4.69, 9.17) is 19.2 Å². The van der Waals surface area contributed by atoms with E-state index in [1.54, 1.807) is 12.0 Å². The molecule has 1 aliphatic rings. The van der Waals surface area contributed by atoms with Crippen molar-refractivity contribution in [3.8, 4) is 11.5 Å². The second-order valence-electron chi connectivity index (χ2n) is 7.74. The Kier molecular flexibility index (Phi) is 9.31. The second kappa shape index (κ2) is 12.2. The molecule has 4 rings (SSSR count). The summed E-state index contributed by atoms with van der Waals surface area (Å²) in [6.45, 7) is 6.87. The van der Waals surface area contributed by atoms with Crippen molar-refractivity contribution in [2.75, 3.05) is 58.0 Å². The quantitative estimate of drug-likeness (QED) is 0.447. The van der Waals surface area contributed by atoms with Gasteiger partial charge in [0, 0.05) is 26.2 Å². The third-order valence-corrected chi connectivity index (χ3v) is 6.56. The summed E-state index contributed by atoms with van der Waals surface area (Å²) in [5.41, 5.74) is 1.86. The fraction of sp³-hybridized carbons (Fsp3) is 0.417. The number of halogens is 1. The van der Waals surface area contributed by atoms with Crippen LogP contribution < -0.4 is 14.4 Å². The summed E-state index contributed by atoms with van der Waals surface area (Å²) in [5, 5.41) is 0.689. The summed E-state index contributed by atoms with van der Waals surface area (Å²) in [4.78, 5) is 22.1. The van der Waals surface area contributed by atoms with Crippen LogP contribution in [0.25, 0.3) is 10.2 Å². The van der Waals surface area contributed by atoms with E-state index in [2.05, 4.69) is 4.90 Å². The Hall–Kier alpha value is -2.39. The molecule has 178 valence electrons. The summed E-state index contributed by atoms with van der Waals surface area (Å²) >= 11 is 1.50. The smallest absolute Gasteiger partial charge is 0.266 e. The van der Waals surface area contributed by atoms with Crippen LogP contribution in [0.1, 0.15) is 12.0 Å². The molecule has 33 heavy (non-hydrogen) atoms. The van der Waals surface area contributed by atoms with E-state index in [-0.39, 0.29) is 24.9 Å². The Morgan fingerprint density at radius 1 is 1.21 bits per heavy atom. The van der Waals surface area contributed by atoms with Crippen LogP contribution in [-0.2, 0) is 9.53 Å². The molecule has 1 aromatic heterocycles. The van der Waals surface area contributed by atoms with Gasteiger partial charge < -0.3 is 14.2 Å². The minimum atomic E-state index is -0.0961. The van der Waals surface area contributed by atoms with Crippen LogP contribution in [0.2, 0.25) is 0 Å². The lowest BCUT2D eigenvalue weighted by Crippen LogP contribution is -2.40. The number of carbonyl (C=O) groups is 1. The number of anilines is 1. The molecule has 0 radical (unpaired) electrons. The highest BCUT2D eigenvalue weighted by Gasteiger charge is 2.21. The van der Waals surface area contributed by atoms with Crippen LogP contribution >= 0.6 is 23.7 Å². The molecular formula is C24H30ClN3O4S. The van der Waals surface area contributed by atoms with Crippen molar-refractivity contribution in [3.05, 3.63) is 48.0 Å². The van der Waals surface area contributed by atoms with Crippen LogP contribution in [0, 0.1) is 6.92 Å². The average Bonchev–Trinajstić information content (AvgIpc) is 3.24. The molecule has 0 bridgehead atoms. The molecule has 0 unspecified atom stereocenters. The zero-order chi connectivity index (χ0) is 22.3. The monoisotopic (exact) mass is 491 g/mol. The standard InChI is InChI=1S/C24H29N3O4S.ClH/c1-18-6-3-4-7-21(18)31-17-23(28)27(11-5-10-26-12-14-30-15-13-26)24-25-20-9-8-19(29-2)16-22(20)32-24;/h3-4,6-9,16H,5,10-15,17H2,1-2H3;1H. The largest absolute Gasteiger partial charge is 0.497 e. The van der Waals surface area contributed by atoms with Gasteiger partial charge in [0.05, 0.1) is 30.5 Å². The Labute approximate surface area is 204 Å². The van der Waals surface area contributed by atoms with Gasteiger partial charge in [-0.15, -0.1) is 12.4 Å². The van der Waals surface area contributed by atoms with Crippen molar-refractivity contribution in [3.63, 3.8) is 0 Å². The molecule has 2 heterocycles. The highest BCUT2D eigenvalue weighted by Crippen LogP contribution is 2.32. The van der Waals surface area contributed by atoms with Gasteiger partial charge in [-0.05, 0) is 43.2 Å². The van der Waals surface area contributed by atoms with Crippen molar-refractivity contribution < 1.29 is 19.0 Å². The molecule has 0 aliphatic carbocycles. The first-order chi connectivity index (χ1) is 15.6. The van der Waals surface area contributed by atoms with E-state index in [9.17, 15) is 4.79 Å². The van der Waals surface area contributed by atoms with Crippen LogP contribution in [-0.4, -0.2) is 68.9 Å². The highest BCUT2D eigenvalue weighted by atomic mass is 35.5. The maximum atomic E-state index is 13.2. The maximum absolute atomic E-state index is 13.2. The third kappa shape index (κ3) is 6.57. The summed E-state index contributed by atoms with van der Waals surface area (Å²) in [6.07, 6.45) is 0.856. The van der Waals surface area contributed by atoms with Gasteiger partial charge in [0.25, 0.3) is 5.91 Å². The molecule has 1 saturated heterocycles. The van der Waals surface area contributed by atoms with E-state index in [1.165, 1.54) is 11.3 Å². The summed E-state index contributed by atoms with van der Waals surface area (Å²) in [7, 11) is 1.65. The number of aryl methyl sites for hydroxylation is 1. The zero-order valence-electron chi connectivity index (χ0n) is 19.0. The Bertz CT molecular complexity index is 1060. The topological polar surface area (TPSA) is 64.1 Å². The lowest BCUT2D eigenvalue weighted by atomic mass is 10.2. The van der Waals surface area contributed by atoms with Gasteiger partial charge in [-0.25, -0.2) is 4.98 Å². The number of rotatable bonds is 9. The number of para-hydroxylation sites is 1. The average molecular weight is 492 g/mol. The summed E-state index contributed by atoms with van der Waals surface area (Å²) in [6, 6.07) is 13.5. The third-order valence-electron chi connectivity index (χ3n) is 5.52. The van der Waals surface area contributed by atoms with Gasteiger partial charge in [-0.2, -0.15) is 0 Å². The lowest BCUT2D eigenvalue weighted by molar-refractivity contribution is -0.120. The molecule has 3 aromatic rings. The normalized spacial score (nSPS) is 14.0. The fourth-order valence-corrected chi connectivity index (χ4v) is 4.71. The Morgan fingerprint density at radius 3 is 2.76 bits per heavy atom. The number of morpholine rings is 1. The first-order valence-corrected chi connectivity index (χ1v) is 11.7. The molecule has 0 saturated carbocycles. The molecule has 0 N–H and O–H groups in total. The van der Waals surface area contributed by atoms with E-state index in [0.717, 1.165) is 66.5 Å². The van der Waals surface area contributed by atoms with Gasteiger partial charge in [-0.3, -0.25) is 14.6 Å². The highest BCUT2D eigenvalue weighted by molar-refractivity contribution is 7.22. The van der Waals surface area contributed by atoms with Crippen molar-refractivity contribution in [2.45, 2.75) is 13.3 Å².